The van der Waals surface area contributed by atoms with Crippen molar-refractivity contribution < 1.29 is 24.5 Å². The molecule has 0 aliphatic heterocycles. The Hall–Kier alpha value is -1.66. The third-order valence-corrected chi connectivity index (χ3v) is 13.8. The van der Waals surface area contributed by atoms with Crippen LogP contribution in [-0.4, -0.2) is 47.4 Å². The van der Waals surface area contributed by atoms with Crippen LogP contribution in [0.4, 0.5) is 0 Å². The minimum absolute atomic E-state index is 0.0103. The standard InChI is InChI=1S/C60H115NO5/c1-3-5-7-9-11-13-32-36-40-44-48-52-58(63)57(56-62)61-59(64)53-49-45-41-37-34-30-28-26-24-22-20-18-16-15-17-19-21-23-25-27-29-31-35-39-43-47-51-55-66-60(65)54-50-46-42-38-33-14-12-10-8-6-4-2/h15-16,19,21,57-58,62-63H,3-14,17-18,20,22-56H2,1-2H3,(H,61,64)/b16-15-,21-19-. The first kappa shape index (κ1) is 64.3. The SMILES string of the molecule is CCCCCCCCCCCCCC(=O)OCCCCCCCCCCC/C=C\C/C=C\CCCCCCCCCCCCCC(=O)NC(CO)C(O)CCCCCCCCCCCCC. The van der Waals surface area contributed by atoms with Crippen molar-refractivity contribution in [3.05, 3.63) is 24.3 Å². The number of esters is 1. The van der Waals surface area contributed by atoms with E-state index in [1.807, 2.05) is 0 Å². The summed E-state index contributed by atoms with van der Waals surface area (Å²) in [6.45, 7) is 4.94. The number of rotatable bonds is 55. The molecule has 6 heteroatoms. The van der Waals surface area contributed by atoms with E-state index in [0.29, 0.717) is 25.9 Å². The molecule has 2 atom stereocenters. The molecule has 0 aromatic rings. The molecule has 0 saturated heterocycles. The highest BCUT2D eigenvalue weighted by atomic mass is 16.5. The lowest BCUT2D eigenvalue weighted by atomic mass is 10.0. The molecule has 0 fully saturated rings. The van der Waals surface area contributed by atoms with Crippen molar-refractivity contribution in [2.75, 3.05) is 13.2 Å². The van der Waals surface area contributed by atoms with E-state index in [1.54, 1.807) is 0 Å². The number of aliphatic hydroxyl groups excluding tert-OH is 2. The van der Waals surface area contributed by atoms with Crippen LogP contribution >= 0.6 is 0 Å². The van der Waals surface area contributed by atoms with Crippen LogP contribution in [0.25, 0.3) is 0 Å². The molecule has 0 radical (unpaired) electrons. The molecule has 0 aliphatic carbocycles. The smallest absolute Gasteiger partial charge is 0.305 e. The van der Waals surface area contributed by atoms with Crippen molar-refractivity contribution in [3.63, 3.8) is 0 Å². The molecule has 0 aromatic carbocycles. The molecule has 0 bridgehead atoms. The molecule has 0 saturated carbocycles. The van der Waals surface area contributed by atoms with E-state index in [9.17, 15) is 19.8 Å². The van der Waals surface area contributed by atoms with E-state index in [4.69, 9.17) is 4.74 Å². The molecule has 6 nitrogen and oxygen atoms in total. The Bertz CT molecular complexity index is 1030. The molecule has 0 aromatic heterocycles. The number of ether oxygens (including phenoxy) is 1. The van der Waals surface area contributed by atoms with Crippen molar-refractivity contribution in [3.8, 4) is 0 Å². The third-order valence-electron chi connectivity index (χ3n) is 13.8. The number of amides is 1. The monoisotopic (exact) mass is 930 g/mol. The molecular weight excluding hydrogens is 815 g/mol. The molecule has 0 heterocycles. The van der Waals surface area contributed by atoms with Gasteiger partial charge >= 0.3 is 5.97 Å². The molecule has 1 amide bonds. The predicted octanol–water partition coefficient (Wildman–Crippen LogP) is 18.2. The van der Waals surface area contributed by atoms with E-state index >= 15 is 0 Å². The van der Waals surface area contributed by atoms with Crippen molar-refractivity contribution in [2.24, 2.45) is 0 Å². The molecule has 0 aliphatic rings. The number of hydrogen-bond acceptors (Lipinski definition) is 5. The van der Waals surface area contributed by atoms with Gasteiger partial charge in [0.25, 0.3) is 0 Å². The van der Waals surface area contributed by atoms with Crippen molar-refractivity contribution in [1.29, 1.82) is 0 Å². The number of hydrogen-bond donors (Lipinski definition) is 3. The number of unbranched alkanes of at least 4 members (excludes halogenated alkanes) is 40. The molecule has 0 spiro atoms. The second kappa shape index (κ2) is 55.9. The first-order valence-electron chi connectivity index (χ1n) is 29.6. The summed E-state index contributed by atoms with van der Waals surface area (Å²) in [4.78, 5) is 24.4. The maximum absolute atomic E-state index is 12.4. The van der Waals surface area contributed by atoms with Crippen LogP contribution in [0.5, 0.6) is 0 Å². The van der Waals surface area contributed by atoms with Crippen molar-refractivity contribution in [1.82, 2.24) is 5.32 Å². The van der Waals surface area contributed by atoms with Gasteiger partial charge in [-0.2, -0.15) is 0 Å². The summed E-state index contributed by atoms with van der Waals surface area (Å²) in [5.41, 5.74) is 0. The van der Waals surface area contributed by atoms with Crippen LogP contribution in [0.1, 0.15) is 322 Å². The maximum Gasteiger partial charge on any atom is 0.305 e. The minimum Gasteiger partial charge on any atom is -0.466 e. The Labute approximate surface area is 411 Å². The number of carbonyl (C=O) groups excluding carboxylic acids is 2. The maximum atomic E-state index is 12.4. The summed E-state index contributed by atoms with van der Waals surface area (Å²) in [5, 5.41) is 23.2. The van der Waals surface area contributed by atoms with Crippen LogP contribution in [0, 0.1) is 0 Å². The Morgan fingerprint density at radius 2 is 0.758 bits per heavy atom. The Morgan fingerprint density at radius 3 is 1.15 bits per heavy atom. The van der Waals surface area contributed by atoms with Crippen LogP contribution in [0.15, 0.2) is 24.3 Å². The lowest BCUT2D eigenvalue weighted by Crippen LogP contribution is -2.45. The van der Waals surface area contributed by atoms with E-state index in [0.717, 1.165) is 44.9 Å². The van der Waals surface area contributed by atoms with Crippen LogP contribution in [0.3, 0.4) is 0 Å². The number of aliphatic hydroxyl groups is 2. The fraction of sp³-hybridized carbons (Fsp3) is 0.900. The second-order valence-electron chi connectivity index (χ2n) is 20.3. The zero-order valence-corrected chi connectivity index (χ0v) is 44.4. The average Bonchev–Trinajstić information content (AvgIpc) is 3.32. The first-order chi connectivity index (χ1) is 32.5. The zero-order valence-electron chi connectivity index (χ0n) is 44.4. The highest BCUT2D eigenvalue weighted by Gasteiger charge is 2.20. The van der Waals surface area contributed by atoms with Gasteiger partial charge in [0.15, 0.2) is 0 Å². The third kappa shape index (κ3) is 51.7. The summed E-state index contributed by atoms with van der Waals surface area (Å²) < 4.78 is 5.46. The van der Waals surface area contributed by atoms with Gasteiger partial charge in [-0.15, -0.1) is 0 Å². The number of carbonyl (C=O) groups is 2. The van der Waals surface area contributed by atoms with Gasteiger partial charge in [0.1, 0.15) is 0 Å². The number of nitrogens with one attached hydrogen (secondary N) is 1. The van der Waals surface area contributed by atoms with Crippen LogP contribution < -0.4 is 5.32 Å². The van der Waals surface area contributed by atoms with E-state index < -0.39 is 12.1 Å². The van der Waals surface area contributed by atoms with Crippen LogP contribution in [-0.2, 0) is 14.3 Å². The summed E-state index contributed by atoms with van der Waals surface area (Å²) in [6.07, 6.45) is 67.6. The molecule has 0 rings (SSSR count). The zero-order chi connectivity index (χ0) is 47.9. The fourth-order valence-electron chi connectivity index (χ4n) is 9.20. The average molecular weight is 931 g/mol. The van der Waals surface area contributed by atoms with Gasteiger partial charge < -0.3 is 20.3 Å². The Morgan fingerprint density at radius 1 is 0.424 bits per heavy atom. The second-order valence-corrected chi connectivity index (χ2v) is 20.3. The minimum atomic E-state index is -0.664. The van der Waals surface area contributed by atoms with Gasteiger partial charge in [-0.1, -0.05) is 276 Å². The Balaban J connectivity index is 3.40. The van der Waals surface area contributed by atoms with Gasteiger partial charge in [0.05, 0.1) is 25.4 Å². The summed E-state index contributed by atoms with van der Waals surface area (Å²) >= 11 is 0. The predicted molar refractivity (Wildman–Crippen MR) is 287 cm³/mol. The van der Waals surface area contributed by atoms with E-state index in [1.165, 1.54) is 244 Å². The Kier molecular flexibility index (Phi) is 54.5. The fourth-order valence-corrected chi connectivity index (χ4v) is 9.20. The molecule has 2 unspecified atom stereocenters. The lowest BCUT2D eigenvalue weighted by Gasteiger charge is -2.22. The van der Waals surface area contributed by atoms with Gasteiger partial charge in [0.2, 0.25) is 5.91 Å². The summed E-state index contributed by atoms with van der Waals surface area (Å²) in [7, 11) is 0. The van der Waals surface area contributed by atoms with E-state index in [-0.39, 0.29) is 18.5 Å². The van der Waals surface area contributed by atoms with Gasteiger partial charge in [-0.05, 0) is 57.8 Å². The molecule has 66 heavy (non-hydrogen) atoms. The quantitative estimate of drug-likeness (QED) is 0.0321. The molecular formula is C60H115NO5. The largest absolute Gasteiger partial charge is 0.466 e. The summed E-state index contributed by atoms with van der Waals surface area (Å²) in [6, 6.07) is -0.542. The normalized spacial score (nSPS) is 12.7. The highest BCUT2D eigenvalue weighted by molar-refractivity contribution is 5.76. The van der Waals surface area contributed by atoms with Gasteiger partial charge in [-0.25, -0.2) is 0 Å². The van der Waals surface area contributed by atoms with Crippen molar-refractivity contribution >= 4 is 11.9 Å². The number of allylic oxidation sites excluding steroid dienone is 4. The van der Waals surface area contributed by atoms with Gasteiger partial charge in [0, 0.05) is 12.8 Å². The van der Waals surface area contributed by atoms with Gasteiger partial charge in [-0.3, -0.25) is 9.59 Å². The van der Waals surface area contributed by atoms with Crippen LogP contribution in [0.2, 0.25) is 0 Å². The van der Waals surface area contributed by atoms with Crippen molar-refractivity contribution in [2.45, 2.75) is 334 Å². The summed E-state index contributed by atoms with van der Waals surface area (Å²) in [5.74, 6) is -0.0281. The molecule has 390 valence electrons. The highest BCUT2D eigenvalue weighted by Crippen LogP contribution is 2.17. The first-order valence-corrected chi connectivity index (χ1v) is 29.6. The lowest BCUT2D eigenvalue weighted by molar-refractivity contribution is -0.143. The molecule has 3 N–H and O–H groups in total. The topological polar surface area (TPSA) is 95.9 Å². The van der Waals surface area contributed by atoms with E-state index in [2.05, 4.69) is 43.5 Å².